The van der Waals surface area contributed by atoms with Crippen LogP contribution >= 0.6 is 0 Å². The number of fused-ring (bicyclic) bond motifs is 1. The summed E-state index contributed by atoms with van der Waals surface area (Å²) in [7, 11) is 0. The fourth-order valence-electron chi connectivity index (χ4n) is 2.07. The average molecular weight is 229 g/mol. The van der Waals surface area contributed by atoms with E-state index in [1.54, 1.807) is 0 Å². The topological polar surface area (TPSA) is 81.1 Å². The zero-order valence-electron chi connectivity index (χ0n) is 9.66. The zero-order valence-corrected chi connectivity index (χ0v) is 9.66. The number of nitrogens with two attached hydrogens (primary N) is 2. The minimum atomic E-state index is -0.295. The standard InChI is InChI=1S/C13H15N3O/c1-8-4-9(6-13(17)16-15)5-10-7-11(14)2-3-12(8)10/h2-4,6-7H,5,14-15H2,1H3,(H,16,17)/b9-6-. The Balaban J connectivity index is 2.40. The predicted octanol–water partition coefficient (Wildman–Crippen LogP) is 1.14. The zero-order chi connectivity index (χ0) is 12.4. The van der Waals surface area contributed by atoms with Crippen LogP contribution in [0.15, 0.2) is 35.9 Å². The molecule has 0 unspecified atom stereocenters. The highest BCUT2D eigenvalue weighted by Gasteiger charge is 2.13. The smallest absolute Gasteiger partial charge is 0.258 e. The quantitative estimate of drug-likeness (QED) is 0.222. The minimum Gasteiger partial charge on any atom is -0.399 e. The molecule has 0 heterocycles. The Morgan fingerprint density at radius 3 is 2.94 bits per heavy atom. The molecule has 0 aromatic heterocycles. The van der Waals surface area contributed by atoms with Crippen molar-refractivity contribution in [3.05, 3.63) is 47.1 Å². The fraction of sp³-hybridized carbons (Fsp3) is 0.154. The van der Waals surface area contributed by atoms with Gasteiger partial charge in [-0.05, 0) is 47.8 Å². The molecule has 0 fully saturated rings. The summed E-state index contributed by atoms with van der Waals surface area (Å²) in [5, 5.41) is 0. The number of allylic oxidation sites excluding steroid dienone is 3. The Hall–Kier alpha value is -2.07. The number of nitrogen functional groups attached to an aromatic ring is 1. The predicted molar refractivity (Wildman–Crippen MR) is 68.6 cm³/mol. The SMILES string of the molecule is CC1=C/C(=C/C(=O)NN)Cc2cc(N)ccc21. The third-order valence-corrected chi connectivity index (χ3v) is 2.81. The van der Waals surface area contributed by atoms with Gasteiger partial charge in [-0.1, -0.05) is 12.1 Å². The van der Waals surface area contributed by atoms with Crippen molar-refractivity contribution in [2.24, 2.45) is 5.84 Å². The van der Waals surface area contributed by atoms with Gasteiger partial charge in [0.25, 0.3) is 5.91 Å². The van der Waals surface area contributed by atoms with Crippen LogP contribution in [0.1, 0.15) is 18.1 Å². The van der Waals surface area contributed by atoms with Gasteiger partial charge in [0.2, 0.25) is 0 Å². The summed E-state index contributed by atoms with van der Waals surface area (Å²) in [6.07, 6.45) is 4.20. The van der Waals surface area contributed by atoms with Crippen molar-refractivity contribution in [1.82, 2.24) is 5.43 Å². The Morgan fingerprint density at radius 1 is 1.47 bits per heavy atom. The summed E-state index contributed by atoms with van der Waals surface area (Å²) in [5.41, 5.74) is 13.0. The van der Waals surface area contributed by atoms with Crippen molar-refractivity contribution < 1.29 is 4.79 Å². The summed E-state index contributed by atoms with van der Waals surface area (Å²) in [5.74, 6) is 4.76. The molecule has 1 aromatic rings. The van der Waals surface area contributed by atoms with Crippen LogP contribution in [0.4, 0.5) is 5.69 Å². The van der Waals surface area contributed by atoms with Gasteiger partial charge in [-0.25, -0.2) is 5.84 Å². The maximum Gasteiger partial charge on any atom is 0.258 e. The van der Waals surface area contributed by atoms with Gasteiger partial charge in [-0.3, -0.25) is 10.2 Å². The Labute approximate surface area is 100.0 Å². The lowest BCUT2D eigenvalue weighted by atomic mass is 9.88. The lowest BCUT2D eigenvalue weighted by molar-refractivity contribution is -0.116. The first-order valence-corrected chi connectivity index (χ1v) is 5.38. The van der Waals surface area contributed by atoms with E-state index < -0.39 is 0 Å². The van der Waals surface area contributed by atoms with Crippen molar-refractivity contribution in [3.63, 3.8) is 0 Å². The van der Waals surface area contributed by atoms with E-state index in [1.165, 1.54) is 11.6 Å². The van der Waals surface area contributed by atoms with Crippen molar-refractivity contribution >= 4 is 17.2 Å². The molecule has 2 rings (SSSR count). The Morgan fingerprint density at radius 2 is 2.24 bits per heavy atom. The van der Waals surface area contributed by atoms with Gasteiger partial charge in [0.05, 0.1) is 0 Å². The Kier molecular flexibility index (Phi) is 2.97. The molecular weight excluding hydrogens is 214 g/mol. The molecule has 0 radical (unpaired) electrons. The summed E-state index contributed by atoms with van der Waals surface area (Å²) in [4.78, 5) is 11.2. The van der Waals surface area contributed by atoms with Crippen molar-refractivity contribution in [1.29, 1.82) is 0 Å². The maximum atomic E-state index is 11.2. The van der Waals surface area contributed by atoms with E-state index in [4.69, 9.17) is 11.6 Å². The first-order chi connectivity index (χ1) is 8.10. The fourth-order valence-corrected chi connectivity index (χ4v) is 2.07. The monoisotopic (exact) mass is 229 g/mol. The molecule has 1 aromatic carbocycles. The summed E-state index contributed by atoms with van der Waals surface area (Å²) in [6, 6.07) is 5.84. The van der Waals surface area contributed by atoms with Crippen LogP contribution in [0.2, 0.25) is 0 Å². The third kappa shape index (κ3) is 2.37. The summed E-state index contributed by atoms with van der Waals surface area (Å²) < 4.78 is 0. The van der Waals surface area contributed by atoms with E-state index in [2.05, 4.69) is 5.43 Å². The third-order valence-electron chi connectivity index (χ3n) is 2.81. The Bertz CT molecular complexity index is 529. The first kappa shape index (κ1) is 11.4. The van der Waals surface area contributed by atoms with Crippen LogP contribution < -0.4 is 17.0 Å². The molecule has 0 aliphatic heterocycles. The molecule has 88 valence electrons. The molecular formula is C13H15N3O. The van der Waals surface area contributed by atoms with E-state index in [0.29, 0.717) is 6.42 Å². The highest BCUT2D eigenvalue weighted by atomic mass is 16.2. The molecule has 0 saturated carbocycles. The molecule has 1 aliphatic carbocycles. The summed E-state index contributed by atoms with van der Waals surface area (Å²) >= 11 is 0. The number of hydrogen-bond donors (Lipinski definition) is 3. The molecule has 0 saturated heterocycles. The van der Waals surface area contributed by atoms with Crippen LogP contribution in [0, 0.1) is 0 Å². The second kappa shape index (κ2) is 4.43. The van der Waals surface area contributed by atoms with Crippen LogP contribution in [-0.4, -0.2) is 5.91 Å². The number of carbonyl (C=O) groups is 1. The number of nitrogens with one attached hydrogen (secondary N) is 1. The van der Waals surface area contributed by atoms with Gasteiger partial charge in [-0.2, -0.15) is 0 Å². The van der Waals surface area contributed by atoms with E-state index >= 15 is 0 Å². The number of anilines is 1. The number of hydrazine groups is 1. The molecule has 0 atom stereocenters. The molecule has 5 N–H and O–H groups in total. The molecule has 17 heavy (non-hydrogen) atoms. The minimum absolute atomic E-state index is 0.295. The lowest BCUT2D eigenvalue weighted by Crippen LogP contribution is -2.28. The van der Waals surface area contributed by atoms with E-state index in [-0.39, 0.29) is 5.91 Å². The number of hydrogen-bond acceptors (Lipinski definition) is 3. The van der Waals surface area contributed by atoms with E-state index in [1.807, 2.05) is 31.2 Å². The largest absolute Gasteiger partial charge is 0.399 e. The van der Waals surface area contributed by atoms with Crippen LogP contribution in [-0.2, 0) is 11.2 Å². The van der Waals surface area contributed by atoms with Gasteiger partial charge < -0.3 is 5.73 Å². The second-order valence-corrected chi connectivity index (χ2v) is 4.15. The van der Waals surface area contributed by atoms with Crippen LogP contribution in [0.5, 0.6) is 0 Å². The second-order valence-electron chi connectivity index (χ2n) is 4.15. The average Bonchev–Trinajstić information content (AvgIpc) is 2.28. The number of carbonyl (C=O) groups excluding carboxylic acids is 1. The van der Waals surface area contributed by atoms with E-state index in [0.717, 1.165) is 22.4 Å². The normalized spacial score (nSPS) is 16.4. The number of rotatable bonds is 1. The summed E-state index contributed by atoms with van der Waals surface area (Å²) in [6.45, 7) is 2.02. The highest BCUT2D eigenvalue weighted by molar-refractivity contribution is 5.89. The van der Waals surface area contributed by atoms with Crippen molar-refractivity contribution in [2.45, 2.75) is 13.3 Å². The van der Waals surface area contributed by atoms with Gasteiger partial charge in [0.15, 0.2) is 0 Å². The molecule has 1 aliphatic rings. The molecule has 0 bridgehead atoms. The van der Waals surface area contributed by atoms with Gasteiger partial charge in [0, 0.05) is 11.8 Å². The molecule has 4 nitrogen and oxygen atoms in total. The molecule has 1 amide bonds. The van der Waals surface area contributed by atoms with Crippen LogP contribution in [0.3, 0.4) is 0 Å². The maximum absolute atomic E-state index is 11.2. The lowest BCUT2D eigenvalue weighted by Gasteiger charge is -2.17. The number of amides is 1. The molecule has 0 spiro atoms. The van der Waals surface area contributed by atoms with Crippen LogP contribution in [0.25, 0.3) is 5.57 Å². The number of benzene rings is 1. The van der Waals surface area contributed by atoms with Crippen molar-refractivity contribution in [2.75, 3.05) is 5.73 Å². The van der Waals surface area contributed by atoms with Crippen molar-refractivity contribution in [3.8, 4) is 0 Å². The molecule has 4 heteroatoms. The van der Waals surface area contributed by atoms with Gasteiger partial charge >= 0.3 is 0 Å². The first-order valence-electron chi connectivity index (χ1n) is 5.38. The van der Waals surface area contributed by atoms with Gasteiger partial charge in [0.1, 0.15) is 0 Å². The van der Waals surface area contributed by atoms with E-state index in [9.17, 15) is 4.79 Å². The van der Waals surface area contributed by atoms with Gasteiger partial charge in [-0.15, -0.1) is 0 Å². The highest BCUT2D eigenvalue weighted by Crippen LogP contribution is 2.29.